The minimum absolute atomic E-state index is 0.216. The Morgan fingerprint density at radius 2 is 2.06 bits per heavy atom. The van der Waals surface area contributed by atoms with E-state index in [0.717, 1.165) is 18.0 Å². The Hall–Kier alpha value is -0.930. The van der Waals surface area contributed by atoms with Gasteiger partial charge in [-0.25, -0.2) is 4.39 Å². The molecular weight excluding hydrogens is 217 g/mol. The first-order valence-corrected chi connectivity index (χ1v) is 6.39. The highest BCUT2D eigenvalue weighted by Gasteiger charge is 2.34. The SMILES string of the molecule is OCc1ccc(C2CN3CCC2CC3)cc1F. The molecule has 3 saturated heterocycles. The standard InChI is InChI=1S/C14H18FNO/c15-14-7-11(1-2-12(14)9-17)13-8-16-5-3-10(13)4-6-16/h1-2,7,10,13,17H,3-6,8-9H2. The Morgan fingerprint density at radius 1 is 1.29 bits per heavy atom. The van der Waals surface area contributed by atoms with Gasteiger partial charge in [-0.05, 0) is 49.4 Å². The van der Waals surface area contributed by atoms with Crippen molar-refractivity contribution in [2.24, 2.45) is 5.92 Å². The number of nitrogens with zero attached hydrogens (tertiary/aromatic N) is 1. The average Bonchev–Trinajstić information content (AvgIpc) is 2.40. The molecule has 1 unspecified atom stereocenters. The van der Waals surface area contributed by atoms with Crippen LogP contribution in [-0.4, -0.2) is 29.6 Å². The van der Waals surface area contributed by atoms with Crippen LogP contribution in [0.5, 0.6) is 0 Å². The first kappa shape index (κ1) is 11.2. The summed E-state index contributed by atoms with van der Waals surface area (Å²) < 4.78 is 13.7. The third-order valence-corrected chi connectivity index (χ3v) is 4.33. The summed E-state index contributed by atoms with van der Waals surface area (Å²) >= 11 is 0. The summed E-state index contributed by atoms with van der Waals surface area (Å²) in [7, 11) is 0. The van der Waals surface area contributed by atoms with Crippen LogP contribution in [0.25, 0.3) is 0 Å². The van der Waals surface area contributed by atoms with Crippen LogP contribution in [0.4, 0.5) is 4.39 Å². The highest BCUT2D eigenvalue weighted by Crippen LogP contribution is 2.39. The topological polar surface area (TPSA) is 23.5 Å². The van der Waals surface area contributed by atoms with Crippen LogP contribution in [0, 0.1) is 11.7 Å². The molecule has 3 heteroatoms. The molecule has 3 fully saturated rings. The Labute approximate surface area is 101 Å². The number of halogens is 1. The lowest BCUT2D eigenvalue weighted by Crippen LogP contribution is -2.46. The minimum atomic E-state index is -0.263. The summed E-state index contributed by atoms with van der Waals surface area (Å²) in [4.78, 5) is 2.47. The van der Waals surface area contributed by atoms with Gasteiger partial charge in [0.1, 0.15) is 5.82 Å². The van der Waals surface area contributed by atoms with Gasteiger partial charge in [0.25, 0.3) is 0 Å². The number of hydrogen-bond acceptors (Lipinski definition) is 2. The third kappa shape index (κ3) is 1.98. The van der Waals surface area contributed by atoms with Gasteiger partial charge in [0.2, 0.25) is 0 Å². The number of hydrogen-bond donors (Lipinski definition) is 1. The van der Waals surface area contributed by atoms with E-state index in [1.807, 2.05) is 6.07 Å². The highest BCUT2D eigenvalue weighted by atomic mass is 19.1. The van der Waals surface area contributed by atoms with Crippen LogP contribution in [0.15, 0.2) is 18.2 Å². The van der Waals surface area contributed by atoms with Gasteiger partial charge in [0, 0.05) is 12.1 Å². The van der Waals surface area contributed by atoms with E-state index in [-0.39, 0.29) is 12.4 Å². The average molecular weight is 235 g/mol. The fraction of sp³-hybridized carbons (Fsp3) is 0.571. The van der Waals surface area contributed by atoms with Crippen LogP contribution in [0.1, 0.15) is 29.9 Å². The van der Waals surface area contributed by atoms with Crippen molar-refractivity contribution in [3.05, 3.63) is 35.1 Å². The van der Waals surface area contributed by atoms with E-state index in [2.05, 4.69) is 4.90 Å². The monoisotopic (exact) mass is 235 g/mol. The van der Waals surface area contributed by atoms with Gasteiger partial charge in [0.05, 0.1) is 6.61 Å². The number of fused-ring (bicyclic) bond motifs is 3. The summed E-state index contributed by atoms with van der Waals surface area (Å²) in [5.41, 5.74) is 1.50. The highest BCUT2D eigenvalue weighted by molar-refractivity contribution is 5.28. The van der Waals surface area contributed by atoms with Crippen LogP contribution in [0.3, 0.4) is 0 Å². The largest absolute Gasteiger partial charge is 0.392 e. The molecule has 0 aliphatic carbocycles. The van der Waals surface area contributed by atoms with Crippen LogP contribution < -0.4 is 0 Å². The van der Waals surface area contributed by atoms with E-state index in [1.54, 1.807) is 12.1 Å². The zero-order chi connectivity index (χ0) is 11.8. The van der Waals surface area contributed by atoms with Crippen molar-refractivity contribution in [3.8, 4) is 0 Å². The predicted octanol–water partition coefficient (Wildman–Crippen LogP) is 2.13. The zero-order valence-electron chi connectivity index (χ0n) is 9.90. The molecule has 1 atom stereocenters. The van der Waals surface area contributed by atoms with Crippen LogP contribution in [-0.2, 0) is 6.61 Å². The molecule has 0 radical (unpaired) electrons. The number of benzene rings is 1. The molecule has 3 aliphatic rings. The van der Waals surface area contributed by atoms with Crippen molar-refractivity contribution < 1.29 is 9.50 Å². The molecule has 3 aliphatic heterocycles. The predicted molar refractivity (Wildman–Crippen MR) is 64.2 cm³/mol. The Kier molecular flexibility index (Phi) is 2.89. The van der Waals surface area contributed by atoms with E-state index in [1.165, 1.54) is 25.9 Å². The summed E-state index contributed by atoms with van der Waals surface area (Å²) in [6.07, 6.45) is 2.49. The van der Waals surface area contributed by atoms with Gasteiger partial charge < -0.3 is 10.0 Å². The Morgan fingerprint density at radius 3 is 2.59 bits per heavy atom. The van der Waals surface area contributed by atoms with Gasteiger partial charge in [-0.15, -0.1) is 0 Å². The number of rotatable bonds is 2. The molecule has 0 aromatic heterocycles. The number of piperidine rings is 3. The molecule has 92 valence electrons. The smallest absolute Gasteiger partial charge is 0.128 e. The molecule has 1 aromatic carbocycles. The summed E-state index contributed by atoms with van der Waals surface area (Å²) in [6, 6.07) is 5.33. The van der Waals surface area contributed by atoms with Crippen molar-refractivity contribution in [2.45, 2.75) is 25.4 Å². The van der Waals surface area contributed by atoms with Crippen molar-refractivity contribution in [1.82, 2.24) is 4.90 Å². The van der Waals surface area contributed by atoms with E-state index < -0.39 is 0 Å². The van der Waals surface area contributed by atoms with E-state index in [4.69, 9.17) is 5.11 Å². The lowest BCUT2D eigenvalue weighted by molar-refractivity contribution is 0.0869. The maximum atomic E-state index is 13.7. The second kappa shape index (κ2) is 4.39. The maximum absolute atomic E-state index is 13.7. The summed E-state index contributed by atoms with van der Waals surface area (Å²) in [5, 5.41) is 8.98. The van der Waals surface area contributed by atoms with Crippen molar-refractivity contribution >= 4 is 0 Å². The molecular formula is C14H18FNO. The summed E-state index contributed by atoms with van der Waals surface area (Å²) in [6.45, 7) is 3.27. The van der Waals surface area contributed by atoms with Crippen molar-refractivity contribution in [2.75, 3.05) is 19.6 Å². The Bertz CT molecular complexity index is 413. The van der Waals surface area contributed by atoms with Crippen molar-refractivity contribution in [3.63, 3.8) is 0 Å². The quantitative estimate of drug-likeness (QED) is 0.849. The fourth-order valence-corrected chi connectivity index (χ4v) is 3.27. The molecule has 3 heterocycles. The zero-order valence-corrected chi connectivity index (χ0v) is 9.90. The van der Waals surface area contributed by atoms with Crippen LogP contribution >= 0.6 is 0 Å². The molecule has 4 rings (SSSR count). The van der Waals surface area contributed by atoms with E-state index in [0.29, 0.717) is 11.5 Å². The summed E-state index contributed by atoms with van der Waals surface area (Å²) in [5.74, 6) is 0.945. The van der Waals surface area contributed by atoms with Gasteiger partial charge in [0.15, 0.2) is 0 Å². The van der Waals surface area contributed by atoms with Gasteiger partial charge in [-0.3, -0.25) is 0 Å². The second-order valence-electron chi connectivity index (χ2n) is 5.25. The first-order valence-electron chi connectivity index (χ1n) is 6.39. The first-order chi connectivity index (χ1) is 8.28. The van der Waals surface area contributed by atoms with E-state index >= 15 is 0 Å². The number of aliphatic hydroxyl groups is 1. The minimum Gasteiger partial charge on any atom is -0.392 e. The molecule has 0 amide bonds. The second-order valence-corrected chi connectivity index (χ2v) is 5.25. The molecule has 0 saturated carbocycles. The number of aliphatic hydroxyl groups excluding tert-OH is 1. The Balaban J connectivity index is 1.86. The third-order valence-electron chi connectivity index (χ3n) is 4.33. The molecule has 2 nitrogen and oxygen atoms in total. The normalized spacial score (nSPS) is 31.8. The van der Waals surface area contributed by atoms with Gasteiger partial charge in [-0.2, -0.15) is 0 Å². The van der Waals surface area contributed by atoms with E-state index in [9.17, 15) is 4.39 Å². The lowest BCUT2D eigenvalue weighted by Gasteiger charge is -2.45. The fourth-order valence-electron chi connectivity index (χ4n) is 3.27. The van der Waals surface area contributed by atoms with Gasteiger partial charge >= 0.3 is 0 Å². The molecule has 2 bridgehead atoms. The molecule has 1 aromatic rings. The van der Waals surface area contributed by atoms with Gasteiger partial charge in [-0.1, -0.05) is 12.1 Å². The molecule has 0 spiro atoms. The van der Waals surface area contributed by atoms with Crippen molar-refractivity contribution in [1.29, 1.82) is 0 Å². The molecule has 17 heavy (non-hydrogen) atoms. The molecule has 1 N–H and O–H groups in total. The van der Waals surface area contributed by atoms with Crippen LogP contribution in [0.2, 0.25) is 0 Å². The maximum Gasteiger partial charge on any atom is 0.128 e. The lowest BCUT2D eigenvalue weighted by atomic mass is 9.75.